The standard InChI is InChI=1S/C13H23N3/c1-4-7-8-10-13-15-11(6-3)14-12(16-13)9-5-2/h4-10H2,1-3H3. The van der Waals surface area contributed by atoms with Crippen molar-refractivity contribution >= 4 is 0 Å². The van der Waals surface area contributed by atoms with Crippen LogP contribution in [0.2, 0.25) is 0 Å². The fraction of sp³-hybridized carbons (Fsp3) is 0.769. The van der Waals surface area contributed by atoms with Crippen LogP contribution >= 0.6 is 0 Å². The van der Waals surface area contributed by atoms with Gasteiger partial charge in [0, 0.05) is 19.3 Å². The van der Waals surface area contributed by atoms with Crippen LogP contribution in [-0.2, 0) is 19.3 Å². The monoisotopic (exact) mass is 221 g/mol. The van der Waals surface area contributed by atoms with Crippen molar-refractivity contribution in [2.45, 2.75) is 65.7 Å². The Bertz CT molecular complexity index is 310. The highest BCUT2D eigenvalue weighted by molar-refractivity contribution is 4.98. The molecule has 0 fully saturated rings. The van der Waals surface area contributed by atoms with Gasteiger partial charge in [0.2, 0.25) is 0 Å². The first-order chi connectivity index (χ1) is 7.80. The van der Waals surface area contributed by atoms with Gasteiger partial charge in [-0.25, -0.2) is 15.0 Å². The van der Waals surface area contributed by atoms with Crippen LogP contribution in [0, 0.1) is 0 Å². The molecule has 0 aromatic carbocycles. The van der Waals surface area contributed by atoms with Gasteiger partial charge >= 0.3 is 0 Å². The normalized spacial score (nSPS) is 10.7. The summed E-state index contributed by atoms with van der Waals surface area (Å²) in [7, 11) is 0. The van der Waals surface area contributed by atoms with Crippen molar-refractivity contribution in [2.24, 2.45) is 0 Å². The van der Waals surface area contributed by atoms with Crippen LogP contribution in [0.1, 0.15) is 63.9 Å². The molecule has 3 nitrogen and oxygen atoms in total. The minimum absolute atomic E-state index is 0.903. The van der Waals surface area contributed by atoms with Crippen LogP contribution < -0.4 is 0 Å². The van der Waals surface area contributed by atoms with Crippen LogP contribution in [-0.4, -0.2) is 15.0 Å². The van der Waals surface area contributed by atoms with Gasteiger partial charge in [-0.05, 0) is 12.8 Å². The van der Waals surface area contributed by atoms with Crippen molar-refractivity contribution in [1.29, 1.82) is 0 Å². The van der Waals surface area contributed by atoms with Crippen molar-refractivity contribution in [1.82, 2.24) is 15.0 Å². The van der Waals surface area contributed by atoms with E-state index in [9.17, 15) is 0 Å². The molecule has 0 saturated heterocycles. The topological polar surface area (TPSA) is 38.7 Å². The largest absolute Gasteiger partial charge is 0.218 e. The number of aryl methyl sites for hydroxylation is 3. The van der Waals surface area contributed by atoms with E-state index in [0.717, 1.165) is 43.2 Å². The van der Waals surface area contributed by atoms with E-state index in [4.69, 9.17) is 0 Å². The molecule has 0 unspecified atom stereocenters. The van der Waals surface area contributed by atoms with Gasteiger partial charge in [0.05, 0.1) is 0 Å². The Hall–Kier alpha value is -0.990. The molecule has 0 bridgehead atoms. The van der Waals surface area contributed by atoms with E-state index in [1.165, 1.54) is 19.3 Å². The van der Waals surface area contributed by atoms with Gasteiger partial charge in [-0.1, -0.05) is 33.6 Å². The summed E-state index contributed by atoms with van der Waals surface area (Å²) in [5.41, 5.74) is 0. The lowest BCUT2D eigenvalue weighted by Gasteiger charge is -2.05. The lowest BCUT2D eigenvalue weighted by atomic mass is 10.2. The van der Waals surface area contributed by atoms with E-state index in [0.29, 0.717) is 0 Å². The SMILES string of the molecule is CCCCCc1nc(CC)nc(CCC)n1. The van der Waals surface area contributed by atoms with Gasteiger partial charge in [-0.2, -0.15) is 0 Å². The Labute approximate surface area is 98.7 Å². The molecule has 3 heteroatoms. The molecule has 0 spiro atoms. The van der Waals surface area contributed by atoms with E-state index in [1.54, 1.807) is 0 Å². The second-order valence-corrected chi connectivity index (χ2v) is 4.14. The summed E-state index contributed by atoms with van der Waals surface area (Å²) >= 11 is 0. The van der Waals surface area contributed by atoms with Gasteiger partial charge in [0.15, 0.2) is 0 Å². The lowest BCUT2D eigenvalue weighted by molar-refractivity contribution is 0.667. The lowest BCUT2D eigenvalue weighted by Crippen LogP contribution is -2.07. The van der Waals surface area contributed by atoms with Crippen LogP contribution in [0.5, 0.6) is 0 Å². The van der Waals surface area contributed by atoms with Crippen molar-refractivity contribution in [2.75, 3.05) is 0 Å². The molecule has 0 aliphatic heterocycles. The summed E-state index contributed by atoms with van der Waals surface area (Å²) in [6.07, 6.45) is 7.66. The minimum Gasteiger partial charge on any atom is -0.218 e. The number of nitrogens with zero attached hydrogens (tertiary/aromatic N) is 3. The number of aromatic nitrogens is 3. The molecular weight excluding hydrogens is 198 g/mol. The molecular formula is C13H23N3. The maximum atomic E-state index is 4.52. The molecule has 0 N–H and O–H groups in total. The minimum atomic E-state index is 0.903. The number of unbranched alkanes of at least 4 members (excludes halogenated alkanes) is 2. The molecule has 1 rings (SSSR count). The van der Waals surface area contributed by atoms with E-state index < -0.39 is 0 Å². The Kier molecular flexibility index (Phi) is 5.98. The van der Waals surface area contributed by atoms with E-state index in [1.807, 2.05) is 0 Å². The molecule has 1 heterocycles. The van der Waals surface area contributed by atoms with Crippen LogP contribution in [0.3, 0.4) is 0 Å². The van der Waals surface area contributed by atoms with Crippen molar-refractivity contribution < 1.29 is 0 Å². The van der Waals surface area contributed by atoms with E-state index in [2.05, 4.69) is 35.7 Å². The first kappa shape index (κ1) is 13.1. The zero-order chi connectivity index (χ0) is 11.8. The molecule has 90 valence electrons. The highest BCUT2D eigenvalue weighted by atomic mass is 15.0. The summed E-state index contributed by atoms with van der Waals surface area (Å²) in [6, 6.07) is 0. The van der Waals surface area contributed by atoms with E-state index in [-0.39, 0.29) is 0 Å². The zero-order valence-corrected chi connectivity index (χ0v) is 10.8. The third-order valence-electron chi connectivity index (χ3n) is 2.57. The summed E-state index contributed by atoms with van der Waals surface area (Å²) in [4.78, 5) is 13.5. The predicted molar refractivity (Wildman–Crippen MR) is 66.4 cm³/mol. The average molecular weight is 221 g/mol. The third kappa shape index (κ3) is 4.25. The molecule has 1 aromatic rings. The smallest absolute Gasteiger partial charge is 0.132 e. The highest BCUT2D eigenvalue weighted by Crippen LogP contribution is 2.05. The molecule has 0 atom stereocenters. The molecule has 0 saturated carbocycles. The first-order valence-electron chi connectivity index (χ1n) is 6.52. The zero-order valence-electron chi connectivity index (χ0n) is 10.8. The van der Waals surface area contributed by atoms with Crippen molar-refractivity contribution in [3.8, 4) is 0 Å². The van der Waals surface area contributed by atoms with Gasteiger partial charge in [0.1, 0.15) is 17.5 Å². The summed E-state index contributed by atoms with van der Waals surface area (Å²) in [5.74, 6) is 2.91. The first-order valence-corrected chi connectivity index (χ1v) is 6.52. The quantitative estimate of drug-likeness (QED) is 0.664. The summed E-state index contributed by atoms with van der Waals surface area (Å²) < 4.78 is 0. The Balaban J connectivity index is 2.69. The van der Waals surface area contributed by atoms with Crippen LogP contribution in [0.15, 0.2) is 0 Å². The third-order valence-corrected chi connectivity index (χ3v) is 2.57. The molecule has 1 aromatic heterocycles. The maximum Gasteiger partial charge on any atom is 0.132 e. The molecule has 0 aliphatic rings. The highest BCUT2D eigenvalue weighted by Gasteiger charge is 2.04. The second-order valence-electron chi connectivity index (χ2n) is 4.14. The summed E-state index contributed by atoms with van der Waals surface area (Å²) in [6.45, 7) is 6.47. The Morgan fingerprint density at radius 3 is 1.88 bits per heavy atom. The Morgan fingerprint density at radius 1 is 0.688 bits per heavy atom. The van der Waals surface area contributed by atoms with Gasteiger partial charge < -0.3 is 0 Å². The fourth-order valence-electron chi connectivity index (χ4n) is 1.66. The summed E-state index contributed by atoms with van der Waals surface area (Å²) in [5, 5.41) is 0. The second kappa shape index (κ2) is 7.31. The van der Waals surface area contributed by atoms with Gasteiger partial charge in [-0.3, -0.25) is 0 Å². The van der Waals surface area contributed by atoms with Crippen molar-refractivity contribution in [3.05, 3.63) is 17.5 Å². The van der Waals surface area contributed by atoms with Crippen molar-refractivity contribution in [3.63, 3.8) is 0 Å². The predicted octanol–water partition coefficient (Wildman–Crippen LogP) is 3.12. The van der Waals surface area contributed by atoms with Crippen LogP contribution in [0.25, 0.3) is 0 Å². The van der Waals surface area contributed by atoms with E-state index >= 15 is 0 Å². The Morgan fingerprint density at radius 2 is 1.31 bits per heavy atom. The molecule has 16 heavy (non-hydrogen) atoms. The van der Waals surface area contributed by atoms with Crippen LogP contribution in [0.4, 0.5) is 0 Å². The number of rotatable bonds is 7. The van der Waals surface area contributed by atoms with Gasteiger partial charge in [-0.15, -0.1) is 0 Å². The van der Waals surface area contributed by atoms with Gasteiger partial charge in [0.25, 0.3) is 0 Å². The molecule has 0 radical (unpaired) electrons. The average Bonchev–Trinajstić information content (AvgIpc) is 2.29. The number of hydrogen-bond donors (Lipinski definition) is 0. The number of hydrogen-bond acceptors (Lipinski definition) is 3. The fourth-order valence-corrected chi connectivity index (χ4v) is 1.66. The molecule has 0 amide bonds. The molecule has 0 aliphatic carbocycles. The maximum absolute atomic E-state index is 4.52.